The summed E-state index contributed by atoms with van der Waals surface area (Å²) in [4.78, 5) is 4.36. The monoisotopic (exact) mass is 308 g/mol. The molecule has 2 aromatic heterocycles. The Morgan fingerprint density at radius 2 is 2.14 bits per heavy atom. The molecule has 0 radical (unpaired) electrons. The summed E-state index contributed by atoms with van der Waals surface area (Å²) in [7, 11) is -1.87. The highest BCUT2D eigenvalue weighted by molar-refractivity contribution is 7.89. The van der Waals surface area contributed by atoms with Crippen molar-refractivity contribution in [2.45, 2.75) is 37.3 Å². The molecule has 1 aliphatic rings. The van der Waals surface area contributed by atoms with Crippen LogP contribution in [-0.2, 0) is 10.0 Å². The Labute approximate surface area is 124 Å². The lowest BCUT2D eigenvalue weighted by Crippen LogP contribution is -2.42. The van der Waals surface area contributed by atoms with Gasteiger partial charge in [-0.25, -0.2) is 13.4 Å². The van der Waals surface area contributed by atoms with Gasteiger partial charge in [0.25, 0.3) is 10.0 Å². The van der Waals surface area contributed by atoms with E-state index >= 15 is 0 Å². The van der Waals surface area contributed by atoms with Gasteiger partial charge in [-0.15, -0.1) is 0 Å². The van der Waals surface area contributed by atoms with E-state index in [1.807, 2.05) is 19.1 Å². The predicted molar refractivity (Wildman–Crippen MR) is 81.9 cm³/mol. The van der Waals surface area contributed by atoms with Crippen LogP contribution in [0.3, 0.4) is 0 Å². The maximum absolute atomic E-state index is 13.1. The first-order chi connectivity index (χ1) is 10.1. The molecular formula is C14H20N4O2S. The fraction of sp³-hybridized carbons (Fsp3) is 0.500. The lowest BCUT2D eigenvalue weighted by atomic mass is 10.1. The number of fused-ring (bicyclic) bond motifs is 1. The van der Waals surface area contributed by atoms with Crippen LogP contribution in [0.25, 0.3) is 5.65 Å². The summed E-state index contributed by atoms with van der Waals surface area (Å²) in [6.45, 7) is 2.55. The van der Waals surface area contributed by atoms with E-state index in [0.29, 0.717) is 18.0 Å². The van der Waals surface area contributed by atoms with Gasteiger partial charge >= 0.3 is 0 Å². The molecule has 7 heteroatoms. The summed E-state index contributed by atoms with van der Waals surface area (Å²) in [6, 6.07) is 5.50. The molecule has 0 aromatic carbocycles. The average molecular weight is 308 g/mol. The minimum Gasteiger partial charge on any atom is -0.371 e. The van der Waals surface area contributed by atoms with Gasteiger partial charge in [-0.1, -0.05) is 12.5 Å². The number of aromatic nitrogens is 2. The highest BCUT2D eigenvalue weighted by atomic mass is 32.2. The fourth-order valence-electron chi connectivity index (χ4n) is 2.92. The van der Waals surface area contributed by atoms with Gasteiger partial charge in [0, 0.05) is 25.8 Å². The molecule has 1 saturated heterocycles. The third-order valence-corrected chi connectivity index (χ3v) is 6.06. The van der Waals surface area contributed by atoms with Crippen molar-refractivity contribution >= 4 is 21.5 Å². The fourth-order valence-corrected chi connectivity index (χ4v) is 4.89. The molecule has 21 heavy (non-hydrogen) atoms. The molecule has 1 atom stereocenters. The van der Waals surface area contributed by atoms with Crippen molar-refractivity contribution in [2.24, 2.45) is 0 Å². The summed E-state index contributed by atoms with van der Waals surface area (Å²) in [5.41, 5.74) is 0.630. The third kappa shape index (κ3) is 2.30. The largest absolute Gasteiger partial charge is 0.371 e. The van der Waals surface area contributed by atoms with Crippen LogP contribution in [0.2, 0.25) is 0 Å². The number of pyridine rings is 1. The number of anilines is 1. The molecule has 3 heterocycles. The smallest absolute Gasteiger partial charge is 0.263 e. The van der Waals surface area contributed by atoms with E-state index in [2.05, 4.69) is 10.3 Å². The molecule has 1 fully saturated rings. The highest BCUT2D eigenvalue weighted by Crippen LogP contribution is 2.29. The normalized spacial score (nSPS) is 20.8. The summed E-state index contributed by atoms with van der Waals surface area (Å²) in [6.07, 6.45) is 4.64. The molecular weight excluding hydrogens is 288 g/mol. The molecule has 0 amide bonds. The van der Waals surface area contributed by atoms with Gasteiger partial charge in [-0.2, -0.15) is 4.31 Å². The maximum atomic E-state index is 13.1. The number of piperidine rings is 1. The minimum atomic E-state index is -3.57. The number of hydrogen-bond acceptors (Lipinski definition) is 4. The number of sulfonamides is 1. The van der Waals surface area contributed by atoms with Crippen LogP contribution >= 0.6 is 0 Å². The van der Waals surface area contributed by atoms with Crippen molar-refractivity contribution in [1.82, 2.24) is 13.7 Å². The average Bonchev–Trinajstić information content (AvgIpc) is 2.86. The van der Waals surface area contributed by atoms with E-state index in [-0.39, 0.29) is 11.1 Å². The van der Waals surface area contributed by atoms with Gasteiger partial charge in [-0.3, -0.25) is 4.40 Å². The summed E-state index contributed by atoms with van der Waals surface area (Å²) >= 11 is 0. The molecule has 1 unspecified atom stereocenters. The first-order valence-corrected chi connectivity index (χ1v) is 8.66. The van der Waals surface area contributed by atoms with Gasteiger partial charge in [-0.05, 0) is 31.9 Å². The molecule has 1 aliphatic heterocycles. The van der Waals surface area contributed by atoms with E-state index in [4.69, 9.17) is 0 Å². The molecule has 0 spiro atoms. The lowest BCUT2D eigenvalue weighted by molar-refractivity contribution is 0.268. The first-order valence-electron chi connectivity index (χ1n) is 7.22. The predicted octanol–water partition coefficient (Wildman–Crippen LogP) is 1.94. The second-order valence-corrected chi connectivity index (χ2v) is 7.21. The van der Waals surface area contributed by atoms with Gasteiger partial charge in [0.1, 0.15) is 5.65 Å². The SMILES string of the molecule is CNc1nc2ccccn2c1S(=O)(=O)N1CCCCC1C. The van der Waals surface area contributed by atoms with Crippen molar-refractivity contribution in [3.8, 4) is 0 Å². The van der Waals surface area contributed by atoms with Crippen LogP contribution in [0.15, 0.2) is 29.4 Å². The Kier molecular flexibility index (Phi) is 3.62. The Hall–Kier alpha value is -1.60. The Bertz CT molecular complexity index is 753. The zero-order valence-electron chi connectivity index (χ0n) is 12.3. The Morgan fingerprint density at radius 3 is 2.86 bits per heavy atom. The van der Waals surface area contributed by atoms with E-state index in [1.165, 1.54) is 0 Å². The molecule has 3 rings (SSSR count). The molecule has 1 N–H and O–H groups in total. The number of hydrogen-bond donors (Lipinski definition) is 1. The van der Waals surface area contributed by atoms with Crippen LogP contribution in [-0.4, -0.2) is 41.7 Å². The third-order valence-electron chi connectivity index (χ3n) is 4.02. The minimum absolute atomic E-state index is 0.0303. The number of nitrogens with zero attached hydrogens (tertiary/aromatic N) is 3. The quantitative estimate of drug-likeness (QED) is 0.941. The molecule has 0 saturated carbocycles. The van der Waals surface area contributed by atoms with Gasteiger partial charge in [0.05, 0.1) is 0 Å². The molecule has 114 valence electrons. The molecule has 0 aliphatic carbocycles. The Morgan fingerprint density at radius 1 is 1.33 bits per heavy atom. The van der Waals surface area contributed by atoms with Crippen LogP contribution < -0.4 is 5.32 Å². The van der Waals surface area contributed by atoms with Crippen LogP contribution in [0.1, 0.15) is 26.2 Å². The van der Waals surface area contributed by atoms with E-state index in [0.717, 1.165) is 19.3 Å². The van der Waals surface area contributed by atoms with Crippen LogP contribution in [0.4, 0.5) is 5.82 Å². The number of imidazole rings is 1. The maximum Gasteiger partial charge on any atom is 0.263 e. The van der Waals surface area contributed by atoms with Gasteiger partial charge < -0.3 is 5.32 Å². The van der Waals surface area contributed by atoms with Gasteiger partial charge in [0.2, 0.25) is 0 Å². The van der Waals surface area contributed by atoms with Crippen molar-refractivity contribution < 1.29 is 8.42 Å². The Balaban J connectivity index is 2.18. The van der Waals surface area contributed by atoms with Crippen molar-refractivity contribution in [3.05, 3.63) is 24.4 Å². The number of rotatable bonds is 3. The van der Waals surface area contributed by atoms with Gasteiger partial charge in [0.15, 0.2) is 10.8 Å². The van der Waals surface area contributed by atoms with E-state index in [1.54, 1.807) is 28.0 Å². The molecule has 2 aromatic rings. The molecule has 6 nitrogen and oxygen atoms in total. The number of nitrogens with one attached hydrogen (secondary N) is 1. The van der Waals surface area contributed by atoms with Crippen LogP contribution in [0, 0.1) is 0 Å². The first kappa shape index (κ1) is 14.3. The summed E-state index contributed by atoms with van der Waals surface area (Å²) < 4.78 is 29.4. The van der Waals surface area contributed by atoms with Crippen molar-refractivity contribution in [3.63, 3.8) is 0 Å². The summed E-state index contributed by atoms with van der Waals surface area (Å²) in [5, 5.41) is 3.14. The lowest BCUT2D eigenvalue weighted by Gasteiger charge is -2.32. The second kappa shape index (κ2) is 5.31. The summed E-state index contributed by atoms with van der Waals surface area (Å²) in [5.74, 6) is 0.402. The van der Waals surface area contributed by atoms with Crippen molar-refractivity contribution in [2.75, 3.05) is 18.9 Å². The van der Waals surface area contributed by atoms with Crippen molar-refractivity contribution in [1.29, 1.82) is 0 Å². The zero-order chi connectivity index (χ0) is 15.0. The van der Waals surface area contributed by atoms with E-state index in [9.17, 15) is 8.42 Å². The van der Waals surface area contributed by atoms with Crippen LogP contribution in [0.5, 0.6) is 0 Å². The van der Waals surface area contributed by atoms with E-state index < -0.39 is 10.0 Å². The second-order valence-electron chi connectivity index (χ2n) is 5.40. The zero-order valence-corrected chi connectivity index (χ0v) is 13.1. The topological polar surface area (TPSA) is 66.7 Å². The highest BCUT2D eigenvalue weighted by Gasteiger charge is 2.35. The standard InChI is InChI=1S/C14H20N4O2S/c1-11-7-3-6-10-18(11)21(19,20)14-13(15-2)16-12-8-4-5-9-17(12)14/h4-5,8-9,11,15H,3,6-7,10H2,1-2H3. The molecule has 0 bridgehead atoms.